The number of aromatic nitrogens is 3. The topological polar surface area (TPSA) is 80.0 Å². The van der Waals surface area contributed by atoms with E-state index in [1.54, 1.807) is 6.20 Å². The first-order chi connectivity index (χ1) is 14.4. The van der Waals surface area contributed by atoms with Crippen molar-refractivity contribution in [3.05, 3.63) is 35.8 Å². The molecule has 4 rings (SSSR count). The van der Waals surface area contributed by atoms with Gasteiger partial charge < -0.3 is 16.0 Å². The fourth-order valence-electron chi connectivity index (χ4n) is 4.56. The molecule has 6 nitrogen and oxygen atoms in total. The molecule has 2 aliphatic rings. The van der Waals surface area contributed by atoms with Gasteiger partial charge in [-0.2, -0.15) is 18.2 Å². The molecule has 9 heteroatoms. The summed E-state index contributed by atoms with van der Waals surface area (Å²) in [4.78, 5) is 14.5. The van der Waals surface area contributed by atoms with E-state index in [-0.39, 0.29) is 11.6 Å². The van der Waals surface area contributed by atoms with Crippen LogP contribution in [0.1, 0.15) is 55.7 Å². The second kappa shape index (κ2) is 8.75. The van der Waals surface area contributed by atoms with E-state index in [1.165, 1.54) is 38.3 Å². The Hall–Kier alpha value is -2.42. The van der Waals surface area contributed by atoms with Gasteiger partial charge in [0.25, 0.3) is 0 Å². The maximum Gasteiger partial charge on any atom is 0.433 e. The summed E-state index contributed by atoms with van der Waals surface area (Å²) in [6.07, 6.45) is 5.79. The van der Waals surface area contributed by atoms with Gasteiger partial charge in [-0.1, -0.05) is 12.8 Å². The van der Waals surface area contributed by atoms with E-state index in [4.69, 9.17) is 5.73 Å². The molecule has 0 atom stereocenters. The van der Waals surface area contributed by atoms with E-state index in [2.05, 4.69) is 25.2 Å². The quantitative estimate of drug-likeness (QED) is 0.737. The minimum absolute atomic E-state index is 0.175. The molecule has 1 saturated heterocycles. The third kappa shape index (κ3) is 5.00. The number of hydrogen-bond acceptors (Lipinski definition) is 6. The van der Waals surface area contributed by atoms with Crippen molar-refractivity contribution in [3.63, 3.8) is 0 Å². The lowest BCUT2D eigenvalue weighted by Gasteiger charge is -2.33. The van der Waals surface area contributed by atoms with E-state index in [0.29, 0.717) is 11.7 Å². The Kier molecular flexibility index (Phi) is 6.08. The van der Waals surface area contributed by atoms with Gasteiger partial charge in [-0.05, 0) is 62.7 Å². The van der Waals surface area contributed by atoms with Gasteiger partial charge in [0.1, 0.15) is 11.5 Å². The summed E-state index contributed by atoms with van der Waals surface area (Å²) >= 11 is 0. The smallest absolute Gasteiger partial charge is 0.383 e. The summed E-state index contributed by atoms with van der Waals surface area (Å²) in [5, 5.41) is 2.78. The summed E-state index contributed by atoms with van der Waals surface area (Å²) in [5.74, 6) is 1.73. The number of piperidine rings is 1. The molecule has 2 fully saturated rings. The molecular weight excluding hydrogens is 393 g/mol. The van der Waals surface area contributed by atoms with Crippen molar-refractivity contribution in [3.8, 4) is 0 Å². The third-order valence-electron chi connectivity index (χ3n) is 6.17. The Balaban J connectivity index is 1.37. The number of hydrogen-bond donors (Lipinski definition) is 2. The highest BCUT2D eigenvalue weighted by atomic mass is 19.4. The van der Waals surface area contributed by atoms with Gasteiger partial charge >= 0.3 is 6.18 Å². The molecule has 2 aromatic rings. The molecule has 0 radical (unpaired) electrons. The van der Waals surface area contributed by atoms with Crippen molar-refractivity contribution in [1.29, 1.82) is 0 Å². The largest absolute Gasteiger partial charge is 0.433 e. The van der Waals surface area contributed by atoms with E-state index in [9.17, 15) is 13.2 Å². The van der Waals surface area contributed by atoms with Crippen LogP contribution in [0, 0.1) is 5.92 Å². The molecule has 1 aliphatic carbocycles. The van der Waals surface area contributed by atoms with Gasteiger partial charge in [-0.15, -0.1) is 0 Å². The van der Waals surface area contributed by atoms with Crippen LogP contribution >= 0.6 is 0 Å². The average molecular weight is 420 g/mol. The van der Waals surface area contributed by atoms with E-state index >= 15 is 0 Å². The number of rotatable bonds is 5. The van der Waals surface area contributed by atoms with Gasteiger partial charge in [0.15, 0.2) is 0 Å². The zero-order chi connectivity index (χ0) is 21.1. The van der Waals surface area contributed by atoms with Crippen molar-refractivity contribution >= 4 is 17.5 Å². The predicted molar refractivity (Wildman–Crippen MR) is 109 cm³/mol. The number of halogens is 3. The molecular formula is C21H27F3N6. The lowest BCUT2D eigenvalue weighted by atomic mass is 9.90. The third-order valence-corrected chi connectivity index (χ3v) is 6.17. The van der Waals surface area contributed by atoms with Crippen molar-refractivity contribution in [2.75, 3.05) is 30.7 Å². The van der Waals surface area contributed by atoms with Crippen LogP contribution in [0.4, 0.5) is 30.6 Å². The average Bonchev–Trinajstić information content (AvgIpc) is 3.22. The van der Waals surface area contributed by atoms with Crippen LogP contribution in [-0.4, -0.2) is 39.5 Å². The number of pyridine rings is 1. The van der Waals surface area contributed by atoms with Crippen LogP contribution in [-0.2, 0) is 6.18 Å². The van der Waals surface area contributed by atoms with E-state index in [0.717, 1.165) is 49.7 Å². The highest BCUT2D eigenvalue weighted by molar-refractivity contribution is 5.55. The predicted octanol–water partition coefficient (Wildman–Crippen LogP) is 4.59. The molecule has 1 saturated carbocycles. The summed E-state index contributed by atoms with van der Waals surface area (Å²) in [6.45, 7) is 3.31. The first-order valence-electron chi connectivity index (χ1n) is 10.5. The summed E-state index contributed by atoms with van der Waals surface area (Å²) in [7, 11) is 0. The van der Waals surface area contributed by atoms with Crippen molar-refractivity contribution in [2.24, 2.45) is 5.92 Å². The zero-order valence-electron chi connectivity index (χ0n) is 16.8. The van der Waals surface area contributed by atoms with Crippen LogP contribution < -0.4 is 11.1 Å². The number of nitrogens with one attached hydrogen (secondary N) is 1. The van der Waals surface area contributed by atoms with Gasteiger partial charge in [0, 0.05) is 30.2 Å². The second-order valence-corrected chi connectivity index (χ2v) is 8.31. The number of likely N-dealkylation sites (tertiary alicyclic amines) is 1. The fraction of sp³-hybridized carbons (Fsp3) is 0.571. The monoisotopic (exact) mass is 420 g/mol. The molecule has 162 valence electrons. The van der Waals surface area contributed by atoms with Gasteiger partial charge in [0.2, 0.25) is 5.95 Å². The van der Waals surface area contributed by atoms with Crippen LogP contribution in [0.5, 0.6) is 0 Å². The Morgan fingerprint density at radius 1 is 1.10 bits per heavy atom. The number of alkyl halides is 3. The normalized spacial score (nSPS) is 19.3. The Morgan fingerprint density at radius 2 is 1.83 bits per heavy atom. The van der Waals surface area contributed by atoms with Crippen LogP contribution in [0.15, 0.2) is 24.5 Å². The number of nitrogen functional groups attached to an aromatic ring is 1. The lowest BCUT2D eigenvalue weighted by molar-refractivity contribution is -0.141. The first kappa shape index (κ1) is 20.8. The van der Waals surface area contributed by atoms with Crippen molar-refractivity contribution < 1.29 is 13.2 Å². The summed E-state index contributed by atoms with van der Waals surface area (Å²) in [6, 6.07) is 2.36. The second-order valence-electron chi connectivity index (χ2n) is 8.31. The van der Waals surface area contributed by atoms with Gasteiger partial charge in [-0.3, -0.25) is 4.98 Å². The standard InChI is InChI=1S/C21H27F3N6/c22-21(23,24)18-11-16(5-8-26-18)28-20-27-12-17(19(25)29-20)15-6-9-30(10-7-15)13-14-3-1-2-4-14/h5,8,11-12,14-15H,1-4,6-7,9-10,13H2,(H3,25,26,27,28,29). The molecule has 0 amide bonds. The first-order valence-corrected chi connectivity index (χ1v) is 10.5. The maximum absolute atomic E-state index is 12.8. The van der Waals surface area contributed by atoms with Crippen molar-refractivity contribution in [2.45, 2.75) is 50.6 Å². The van der Waals surface area contributed by atoms with E-state index in [1.807, 2.05) is 0 Å². The minimum Gasteiger partial charge on any atom is -0.383 e. The SMILES string of the molecule is Nc1nc(Nc2ccnc(C(F)(F)F)c2)ncc1C1CCN(CC2CCCC2)CC1. The minimum atomic E-state index is -4.51. The summed E-state index contributed by atoms with van der Waals surface area (Å²) < 4.78 is 38.5. The Bertz CT molecular complexity index is 858. The highest BCUT2D eigenvalue weighted by Gasteiger charge is 2.32. The number of nitrogens with zero attached hydrogens (tertiary/aromatic N) is 4. The Morgan fingerprint density at radius 3 is 2.50 bits per heavy atom. The molecule has 3 N–H and O–H groups in total. The number of nitrogens with two attached hydrogens (primary N) is 1. The number of anilines is 3. The lowest BCUT2D eigenvalue weighted by Crippen LogP contribution is -2.36. The molecule has 0 aromatic carbocycles. The van der Waals surface area contributed by atoms with Crippen LogP contribution in [0.25, 0.3) is 0 Å². The van der Waals surface area contributed by atoms with Crippen LogP contribution in [0.3, 0.4) is 0 Å². The molecule has 0 spiro atoms. The van der Waals surface area contributed by atoms with Gasteiger partial charge in [0.05, 0.1) is 0 Å². The molecule has 0 bridgehead atoms. The molecule has 1 aliphatic heterocycles. The molecule has 3 heterocycles. The van der Waals surface area contributed by atoms with Crippen molar-refractivity contribution in [1.82, 2.24) is 19.9 Å². The fourth-order valence-corrected chi connectivity index (χ4v) is 4.56. The molecule has 0 unspecified atom stereocenters. The van der Waals surface area contributed by atoms with Crippen LogP contribution in [0.2, 0.25) is 0 Å². The Labute approximate surface area is 174 Å². The molecule has 30 heavy (non-hydrogen) atoms. The van der Waals surface area contributed by atoms with Gasteiger partial charge in [-0.25, -0.2) is 4.98 Å². The van der Waals surface area contributed by atoms with E-state index < -0.39 is 11.9 Å². The zero-order valence-corrected chi connectivity index (χ0v) is 16.8. The maximum atomic E-state index is 12.8. The highest BCUT2D eigenvalue weighted by Crippen LogP contribution is 2.33. The summed E-state index contributed by atoms with van der Waals surface area (Å²) in [5.41, 5.74) is 6.34. The molecule has 2 aromatic heterocycles.